The van der Waals surface area contributed by atoms with E-state index in [2.05, 4.69) is 46.6 Å². The molecule has 1 fully saturated rings. The van der Waals surface area contributed by atoms with Crippen molar-refractivity contribution in [1.82, 2.24) is 10.2 Å². The van der Waals surface area contributed by atoms with E-state index in [9.17, 15) is 0 Å². The molecular formula is C21H29Cl3N2O. The molecule has 0 aliphatic carbocycles. The average Bonchev–Trinajstić information content (AvgIpc) is 2.64. The molecule has 1 aliphatic heterocycles. The summed E-state index contributed by atoms with van der Waals surface area (Å²) in [6, 6.07) is 17.4. The van der Waals surface area contributed by atoms with E-state index >= 15 is 0 Å². The summed E-state index contributed by atoms with van der Waals surface area (Å²) in [5.41, 5.74) is 2.61. The fourth-order valence-electron chi connectivity index (χ4n) is 3.33. The van der Waals surface area contributed by atoms with Gasteiger partial charge in [-0.1, -0.05) is 48.0 Å². The Morgan fingerprint density at radius 3 is 2.37 bits per heavy atom. The van der Waals surface area contributed by atoms with Crippen LogP contribution in [0.5, 0.6) is 5.75 Å². The van der Waals surface area contributed by atoms with Crippen LogP contribution >= 0.6 is 36.4 Å². The monoisotopic (exact) mass is 430 g/mol. The first-order valence-electron chi connectivity index (χ1n) is 9.15. The molecule has 0 spiro atoms. The van der Waals surface area contributed by atoms with Crippen molar-refractivity contribution in [3.05, 3.63) is 64.7 Å². The van der Waals surface area contributed by atoms with Gasteiger partial charge in [0.1, 0.15) is 5.75 Å². The first kappa shape index (κ1) is 24.1. The van der Waals surface area contributed by atoms with Gasteiger partial charge in [-0.2, -0.15) is 0 Å². The molecule has 1 heterocycles. The highest BCUT2D eigenvalue weighted by atomic mass is 35.5. The summed E-state index contributed by atoms with van der Waals surface area (Å²) in [5, 5.41) is 4.37. The maximum atomic E-state index is 6.27. The zero-order valence-corrected chi connectivity index (χ0v) is 18.1. The van der Waals surface area contributed by atoms with Gasteiger partial charge in [0.15, 0.2) is 0 Å². The maximum Gasteiger partial charge on any atom is 0.137 e. The number of piperidine rings is 1. The van der Waals surface area contributed by atoms with Gasteiger partial charge < -0.3 is 10.1 Å². The number of likely N-dealkylation sites (tertiary alicyclic amines) is 1. The quantitative estimate of drug-likeness (QED) is 0.640. The lowest BCUT2D eigenvalue weighted by Gasteiger charge is -2.32. The largest absolute Gasteiger partial charge is 0.492 e. The fourth-order valence-corrected chi connectivity index (χ4v) is 3.58. The summed E-state index contributed by atoms with van der Waals surface area (Å²) in [7, 11) is 0. The molecule has 1 N–H and O–H groups in total. The van der Waals surface area contributed by atoms with Gasteiger partial charge in [0.05, 0.1) is 11.6 Å². The van der Waals surface area contributed by atoms with Crippen LogP contribution in [0.4, 0.5) is 0 Å². The van der Waals surface area contributed by atoms with Crippen LogP contribution in [0.25, 0.3) is 0 Å². The third kappa shape index (κ3) is 7.52. The second-order valence-corrected chi connectivity index (χ2v) is 7.02. The molecule has 3 nitrogen and oxygen atoms in total. The van der Waals surface area contributed by atoms with Crippen molar-refractivity contribution in [2.24, 2.45) is 0 Å². The summed E-state index contributed by atoms with van der Waals surface area (Å²) in [6.45, 7) is 6.82. The van der Waals surface area contributed by atoms with E-state index < -0.39 is 0 Å². The molecular weight excluding hydrogens is 403 g/mol. The third-order valence-electron chi connectivity index (χ3n) is 4.73. The summed E-state index contributed by atoms with van der Waals surface area (Å²) >= 11 is 6.27. The molecule has 0 radical (unpaired) electrons. The van der Waals surface area contributed by atoms with Gasteiger partial charge in [-0.15, -0.1) is 24.8 Å². The number of nitrogens with zero attached hydrogens (tertiary/aromatic N) is 1. The maximum absolute atomic E-state index is 6.27. The normalized spacial score (nSPS) is 14.9. The number of halogens is 3. The molecule has 0 bridgehead atoms. The SMILES string of the molecule is CCOc1ccc(CNC2CCN(Cc3ccccc3)CC2)cc1Cl.Cl.Cl. The highest BCUT2D eigenvalue weighted by molar-refractivity contribution is 6.32. The van der Waals surface area contributed by atoms with Crippen LogP contribution in [0.2, 0.25) is 5.02 Å². The lowest BCUT2D eigenvalue weighted by atomic mass is 10.0. The van der Waals surface area contributed by atoms with Crippen LogP contribution < -0.4 is 10.1 Å². The molecule has 0 amide bonds. The summed E-state index contributed by atoms with van der Waals surface area (Å²) in [4.78, 5) is 2.54. The lowest BCUT2D eigenvalue weighted by Crippen LogP contribution is -2.41. The average molecular weight is 432 g/mol. The molecule has 1 aliphatic rings. The number of nitrogens with one attached hydrogen (secondary N) is 1. The minimum atomic E-state index is 0. The summed E-state index contributed by atoms with van der Waals surface area (Å²) in [5.74, 6) is 0.766. The lowest BCUT2D eigenvalue weighted by molar-refractivity contribution is 0.190. The first-order valence-corrected chi connectivity index (χ1v) is 9.53. The molecule has 2 aromatic rings. The Kier molecular flexibility index (Phi) is 11.1. The van der Waals surface area contributed by atoms with Crippen LogP contribution in [0.15, 0.2) is 48.5 Å². The Hall–Kier alpha value is -0.970. The second kappa shape index (κ2) is 12.5. The molecule has 2 aromatic carbocycles. The van der Waals surface area contributed by atoms with Crippen molar-refractivity contribution in [1.29, 1.82) is 0 Å². The minimum absolute atomic E-state index is 0. The molecule has 0 unspecified atom stereocenters. The van der Waals surface area contributed by atoms with Crippen molar-refractivity contribution in [3.63, 3.8) is 0 Å². The van der Waals surface area contributed by atoms with E-state index in [-0.39, 0.29) is 24.8 Å². The van der Waals surface area contributed by atoms with Crippen LogP contribution in [-0.2, 0) is 13.1 Å². The summed E-state index contributed by atoms with van der Waals surface area (Å²) < 4.78 is 5.49. The molecule has 0 saturated carbocycles. The Labute approximate surface area is 180 Å². The first-order chi connectivity index (χ1) is 12.2. The molecule has 1 saturated heterocycles. The predicted octanol–water partition coefficient (Wildman–Crippen LogP) is 5.34. The van der Waals surface area contributed by atoms with Gasteiger partial charge in [-0.05, 0) is 56.1 Å². The number of benzene rings is 2. The highest BCUT2D eigenvalue weighted by Crippen LogP contribution is 2.25. The van der Waals surface area contributed by atoms with Gasteiger partial charge in [0, 0.05) is 19.1 Å². The van der Waals surface area contributed by atoms with Crippen molar-refractivity contribution in [3.8, 4) is 5.75 Å². The minimum Gasteiger partial charge on any atom is -0.492 e. The summed E-state index contributed by atoms with van der Waals surface area (Å²) in [6.07, 6.45) is 2.38. The fraction of sp³-hybridized carbons (Fsp3) is 0.429. The van der Waals surface area contributed by atoms with Gasteiger partial charge in [-0.3, -0.25) is 4.90 Å². The number of ether oxygens (including phenoxy) is 1. The van der Waals surface area contributed by atoms with Gasteiger partial charge in [0.25, 0.3) is 0 Å². The standard InChI is InChI=1S/C21H27ClN2O.2ClH/c1-2-25-21-9-8-18(14-20(21)22)15-23-19-10-12-24(13-11-19)16-17-6-4-3-5-7-17;;/h3-9,14,19,23H,2,10-13,15-16H2,1H3;2*1H. The number of hydrogen-bond donors (Lipinski definition) is 1. The van der Waals surface area contributed by atoms with Crippen LogP contribution in [0.3, 0.4) is 0 Å². The van der Waals surface area contributed by atoms with Crippen molar-refractivity contribution in [2.45, 2.75) is 38.9 Å². The van der Waals surface area contributed by atoms with E-state index in [4.69, 9.17) is 16.3 Å². The molecule has 0 aromatic heterocycles. The van der Waals surface area contributed by atoms with Crippen LogP contribution in [0, 0.1) is 0 Å². The Morgan fingerprint density at radius 2 is 1.74 bits per heavy atom. The van der Waals surface area contributed by atoms with Crippen molar-refractivity contribution >= 4 is 36.4 Å². The second-order valence-electron chi connectivity index (χ2n) is 6.61. The highest BCUT2D eigenvalue weighted by Gasteiger charge is 2.18. The Morgan fingerprint density at radius 1 is 1.04 bits per heavy atom. The number of hydrogen-bond acceptors (Lipinski definition) is 3. The van der Waals surface area contributed by atoms with E-state index in [1.807, 2.05) is 19.1 Å². The molecule has 6 heteroatoms. The third-order valence-corrected chi connectivity index (χ3v) is 5.02. The van der Waals surface area contributed by atoms with Gasteiger partial charge >= 0.3 is 0 Å². The van der Waals surface area contributed by atoms with E-state index in [0.717, 1.165) is 31.9 Å². The van der Waals surface area contributed by atoms with Crippen LogP contribution in [-0.4, -0.2) is 30.6 Å². The smallest absolute Gasteiger partial charge is 0.137 e. The van der Waals surface area contributed by atoms with Crippen molar-refractivity contribution < 1.29 is 4.74 Å². The Bertz CT molecular complexity index is 662. The van der Waals surface area contributed by atoms with Gasteiger partial charge in [0.2, 0.25) is 0 Å². The van der Waals surface area contributed by atoms with E-state index in [1.165, 1.54) is 24.0 Å². The van der Waals surface area contributed by atoms with E-state index in [1.54, 1.807) is 0 Å². The molecule has 150 valence electrons. The molecule has 0 atom stereocenters. The zero-order chi connectivity index (χ0) is 17.5. The topological polar surface area (TPSA) is 24.5 Å². The van der Waals surface area contributed by atoms with Crippen LogP contribution in [0.1, 0.15) is 30.9 Å². The van der Waals surface area contributed by atoms with Gasteiger partial charge in [-0.25, -0.2) is 0 Å². The molecule has 27 heavy (non-hydrogen) atoms. The van der Waals surface area contributed by atoms with Crippen molar-refractivity contribution in [2.75, 3.05) is 19.7 Å². The predicted molar refractivity (Wildman–Crippen MR) is 119 cm³/mol. The molecule has 3 rings (SSSR count). The number of rotatable bonds is 7. The Balaban J connectivity index is 0.00000182. The van der Waals surface area contributed by atoms with E-state index in [0.29, 0.717) is 17.7 Å². The zero-order valence-electron chi connectivity index (χ0n) is 15.7.